The fourth-order valence-corrected chi connectivity index (χ4v) is 5.08. The Morgan fingerprint density at radius 3 is 2.78 bits per heavy atom. The van der Waals surface area contributed by atoms with E-state index in [1.165, 1.54) is 19.3 Å². The molecule has 1 heterocycles. The molecule has 1 saturated carbocycles. The molecule has 1 aromatic carbocycles. The Bertz CT molecular complexity index is 804. The van der Waals surface area contributed by atoms with Gasteiger partial charge in [0.05, 0.1) is 4.90 Å². The lowest BCUT2D eigenvalue weighted by Crippen LogP contribution is -2.40. The van der Waals surface area contributed by atoms with Crippen molar-refractivity contribution in [1.82, 2.24) is 10.0 Å². The molecule has 148 valence electrons. The quantitative estimate of drug-likeness (QED) is 0.701. The molecule has 6 nitrogen and oxygen atoms in total. The van der Waals surface area contributed by atoms with Gasteiger partial charge in [-0.1, -0.05) is 38.3 Å². The van der Waals surface area contributed by atoms with Crippen LogP contribution in [0.3, 0.4) is 0 Å². The number of nitrogens with one attached hydrogen (secondary N) is 2. The Hall–Kier alpha value is -1.89. The Labute approximate surface area is 161 Å². The number of aliphatic imine (C=N–C) groups is 1. The summed E-state index contributed by atoms with van der Waals surface area (Å²) in [6, 6.07) is 7.21. The summed E-state index contributed by atoms with van der Waals surface area (Å²) < 4.78 is 26.6. The molecule has 27 heavy (non-hydrogen) atoms. The number of hydrogen-bond acceptors (Lipinski definition) is 4. The number of benzene rings is 1. The summed E-state index contributed by atoms with van der Waals surface area (Å²) in [5.41, 5.74) is 0.637. The van der Waals surface area contributed by atoms with E-state index in [1.54, 1.807) is 18.2 Å². The highest BCUT2D eigenvalue weighted by molar-refractivity contribution is 7.90. The van der Waals surface area contributed by atoms with Crippen LogP contribution in [0.2, 0.25) is 0 Å². The SMILES string of the molecule is CC1CCCCC1NC(=O)CCCCCN=C1NS(=O)(=O)c2ccccc21. The molecule has 3 rings (SSSR count). The molecule has 0 radical (unpaired) electrons. The average Bonchev–Trinajstić information content (AvgIpc) is 2.91. The van der Waals surface area contributed by atoms with Gasteiger partial charge < -0.3 is 5.32 Å². The number of carbonyl (C=O) groups is 1. The highest BCUT2D eigenvalue weighted by Gasteiger charge is 2.29. The van der Waals surface area contributed by atoms with Crippen LogP contribution in [0.4, 0.5) is 0 Å². The van der Waals surface area contributed by atoms with Crippen molar-refractivity contribution in [2.24, 2.45) is 10.9 Å². The van der Waals surface area contributed by atoms with Gasteiger partial charge in [0.25, 0.3) is 10.0 Å². The van der Waals surface area contributed by atoms with Gasteiger partial charge in [-0.3, -0.25) is 14.5 Å². The number of amides is 1. The van der Waals surface area contributed by atoms with Crippen LogP contribution in [-0.2, 0) is 14.8 Å². The Balaban J connectivity index is 1.37. The van der Waals surface area contributed by atoms with Gasteiger partial charge >= 0.3 is 0 Å². The number of amidine groups is 1. The molecule has 1 aromatic rings. The van der Waals surface area contributed by atoms with Gasteiger partial charge in [-0.2, -0.15) is 0 Å². The molecule has 2 aliphatic rings. The van der Waals surface area contributed by atoms with E-state index in [1.807, 2.05) is 6.07 Å². The molecule has 1 aliphatic heterocycles. The van der Waals surface area contributed by atoms with Crippen molar-refractivity contribution in [1.29, 1.82) is 0 Å². The van der Waals surface area contributed by atoms with Crippen molar-refractivity contribution in [2.45, 2.75) is 69.2 Å². The number of rotatable bonds is 7. The molecule has 7 heteroatoms. The predicted octanol–water partition coefficient (Wildman–Crippen LogP) is 2.98. The van der Waals surface area contributed by atoms with Gasteiger partial charge in [-0.25, -0.2) is 8.42 Å². The van der Waals surface area contributed by atoms with Crippen molar-refractivity contribution in [3.63, 3.8) is 0 Å². The maximum Gasteiger partial charge on any atom is 0.263 e. The van der Waals surface area contributed by atoms with Gasteiger partial charge in [0.2, 0.25) is 5.91 Å². The van der Waals surface area contributed by atoms with Gasteiger partial charge in [0.1, 0.15) is 5.84 Å². The van der Waals surface area contributed by atoms with Crippen LogP contribution in [-0.4, -0.2) is 32.7 Å². The van der Waals surface area contributed by atoms with Gasteiger partial charge in [0.15, 0.2) is 0 Å². The third-order valence-electron chi connectivity index (χ3n) is 5.45. The molecule has 2 unspecified atom stereocenters. The van der Waals surface area contributed by atoms with E-state index in [4.69, 9.17) is 0 Å². The van der Waals surface area contributed by atoms with Gasteiger partial charge in [0, 0.05) is 24.6 Å². The minimum Gasteiger partial charge on any atom is -0.353 e. The maximum absolute atomic E-state index is 12.1. The number of unbranched alkanes of at least 4 members (excludes halogenated alkanes) is 2. The van der Waals surface area contributed by atoms with Crippen LogP contribution in [0.25, 0.3) is 0 Å². The van der Waals surface area contributed by atoms with Gasteiger partial charge in [-0.05, 0) is 43.7 Å². The van der Waals surface area contributed by atoms with Crippen LogP contribution in [0.5, 0.6) is 0 Å². The largest absolute Gasteiger partial charge is 0.353 e. The zero-order valence-corrected chi connectivity index (χ0v) is 16.7. The number of carbonyl (C=O) groups excluding carboxylic acids is 1. The number of fused-ring (bicyclic) bond motifs is 1. The third-order valence-corrected chi connectivity index (χ3v) is 6.85. The molecule has 0 spiro atoms. The third kappa shape index (κ3) is 5.09. The second-order valence-electron chi connectivity index (χ2n) is 7.58. The molecular weight excluding hydrogens is 362 g/mol. The summed E-state index contributed by atoms with van der Waals surface area (Å²) in [6.45, 7) is 2.77. The van der Waals surface area contributed by atoms with E-state index < -0.39 is 10.0 Å². The number of nitrogens with zero attached hydrogens (tertiary/aromatic N) is 1. The second kappa shape index (κ2) is 8.87. The minimum atomic E-state index is -3.47. The summed E-state index contributed by atoms with van der Waals surface area (Å²) >= 11 is 0. The second-order valence-corrected chi connectivity index (χ2v) is 9.23. The lowest BCUT2D eigenvalue weighted by atomic mass is 9.86. The summed E-state index contributed by atoms with van der Waals surface area (Å²) in [5.74, 6) is 1.16. The average molecular weight is 392 g/mol. The van der Waals surface area contributed by atoms with Gasteiger partial charge in [-0.15, -0.1) is 0 Å². The molecule has 2 atom stereocenters. The normalized spacial score (nSPS) is 25.0. The molecule has 0 bridgehead atoms. The van der Waals surface area contributed by atoms with Crippen LogP contribution in [0.15, 0.2) is 34.2 Å². The molecule has 0 saturated heterocycles. The fourth-order valence-electron chi connectivity index (χ4n) is 3.83. The lowest BCUT2D eigenvalue weighted by Gasteiger charge is -2.29. The zero-order chi connectivity index (χ0) is 19.3. The monoisotopic (exact) mass is 391 g/mol. The summed E-state index contributed by atoms with van der Waals surface area (Å²) in [7, 11) is -3.47. The predicted molar refractivity (Wildman–Crippen MR) is 106 cm³/mol. The fraction of sp³-hybridized carbons (Fsp3) is 0.600. The first kappa shape index (κ1) is 19.9. The lowest BCUT2D eigenvalue weighted by molar-refractivity contribution is -0.122. The van der Waals surface area contributed by atoms with Crippen LogP contribution in [0, 0.1) is 5.92 Å². The van der Waals surface area contributed by atoms with E-state index in [9.17, 15) is 13.2 Å². The van der Waals surface area contributed by atoms with E-state index >= 15 is 0 Å². The highest BCUT2D eigenvalue weighted by atomic mass is 32.2. The molecule has 2 N–H and O–H groups in total. The van der Waals surface area contributed by atoms with E-state index in [0.717, 1.165) is 25.7 Å². The van der Waals surface area contributed by atoms with Crippen molar-refractivity contribution in [2.75, 3.05) is 6.54 Å². The smallest absolute Gasteiger partial charge is 0.263 e. The molecule has 0 aromatic heterocycles. The highest BCUT2D eigenvalue weighted by Crippen LogP contribution is 2.24. The van der Waals surface area contributed by atoms with E-state index in [0.29, 0.717) is 36.3 Å². The van der Waals surface area contributed by atoms with Crippen LogP contribution >= 0.6 is 0 Å². The molecular formula is C20H29N3O3S. The van der Waals surface area contributed by atoms with Crippen LogP contribution in [0.1, 0.15) is 63.9 Å². The molecule has 1 aliphatic carbocycles. The Morgan fingerprint density at radius 2 is 1.96 bits per heavy atom. The van der Waals surface area contributed by atoms with Crippen molar-refractivity contribution in [3.05, 3.63) is 29.8 Å². The van der Waals surface area contributed by atoms with E-state index in [-0.39, 0.29) is 10.8 Å². The molecule has 1 amide bonds. The minimum absolute atomic E-state index is 0.151. The summed E-state index contributed by atoms with van der Waals surface area (Å²) in [6.07, 6.45) is 7.91. The van der Waals surface area contributed by atoms with Crippen molar-refractivity contribution in [3.8, 4) is 0 Å². The number of sulfonamides is 1. The maximum atomic E-state index is 12.1. The topological polar surface area (TPSA) is 87.6 Å². The van der Waals surface area contributed by atoms with Crippen molar-refractivity contribution < 1.29 is 13.2 Å². The van der Waals surface area contributed by atoms with E-state index in [2.05, 4.69) is 22.0 Å². The van der Waals surface area contributed by atoms with Crippen molar-refractivity contribution >= 4 is 21.8 Å². The zero-order valence-electron chi connectivity index (χ0n) is 15.9. The first-order chi connectivity index (χ1) is 13.0. The first-order valence-corrected chi connectivity index (χ1v) is 11.4. The summed E-state index contributed by atoms with van der Waals surface area (Å²) in [4.78, 5) is 16.8. The Morgan fingerprint density at radius 1 is 1.19 bits per heavy atom. The Kier molecular flexibility index (Phi) is 6.52. The first-order valence-electron chi connectivity index (χ1n) is 9.93. The summed E-state index contributed by atoms with van der Waals surface area (Å²) in [5, 5.41) is 3.18. The van der Waals surface area contributed by atoms with Crippen LogP contribution < -0.4 is 10.0 Å². The standard InChI is InChI=1S/C20H29N3O3S/c1-15-9-4-6-11-17(15)22-19(24)13-3-2-8-14-21-20-16-10-5-7-12-18(16)27(25,26)23-20/h5,7,10,12,15,17H,2-4,6,8-9,11,13-14H2,1H3,(H,21,23)(H,22,24). The number of hydrogen-bond donors (Lipinski definition) is 2. The molecule has 1 fully saturated rings.